The summed E-state index contributed by atoms with van der Waals surface area (Å²) in [5.41, 5.74) is 1.95. The van der Waals surface area contributed by atoms with Crippen LogP contribution in [0.1, 0.15) is 31.1 Å². The molecule has 1 unspecified atom stereocenters. The fourth-order valence-corrected chi connectivity index (χ4v) is 4.85. The molecule has 192 valence electrons. The first-order chi connectivity index (χ1) is 17.9. The number of pyridine rings is 1. The van der Waals surface area contributed by atoms with Gasteiger partial charge in [-0.2, -0.15) is 5.10 Å². The molecule has 5 rings (SSSR count). The highest BCUT2D eigenvalue weighted by Crippen LogP contribution is 2.28. The number of aliphatic hydroxyl groups excluding tert-OH is 1. The van der Waals surface area contributed by atoms with Gasteiger partial charge in [-0.1, -0.05) is 36.7 Å². The van der Waals surface area contributed by atoms with Gasteiger partial charge in [0.2, 0.25) is 0 Å². The Bertz CT molecular complexity index is 1390. The van der Waals surface area contributed by atoms with E-state index < -0.39 is 12.1 Å². The number of hydrogen-bond donors (Lipinski definition) is 2. The lowest BCUT2D eigenvalue weighted by Crippen LogP contribution is -2.46. The van der Waals surface area contributed by atoms with E-state index in [-0.39, 0.29) is 11.4 Å². The van der Waals surface area contributed by atoms with Crippen LogP contribution in [0.4, 0.5) is 11.5 Å². The van der Waals surface area contributed by atoms with Crippen LogP contribution in [-0.4, -0.2) is 55.7 Å². The molecular formula is C27H29ClN6O3. The first-order valence-corrected chi connectivity index (χ1v) is 12.7. The molecule has 2 aromatic carbocycles. The summed E-state index contributed by atoms with van der Waals surface area (Å²) in [5.74, 6) is 1.10. The van der Waals surface area contributed by atoms with Gasteiger partial charge >= 0.3 is 5.69 Å². The molecular weight excluding hydrogens is 492 g/mol. The quantitative estimate of drug-likeness (QED) is 0.382. The smallest absolute Gasteiger partial charge is 0.350 e. The Morgan fingerprint density at radius 3 is 2.35 bits per heavy atom. The highest BCUT2D eigenvalue weighted by Gasteiger charge is 2.25. The van der Waals surface area contributed by atoms with Gasteiger partial charge in [-0.05, 0) is 48.4 Å². The molecule has 0 spiro atoms. The third-order valence-electron chi connectivity index (χ3n) is 6.81. The van der Waals surface area contributed by atoms with Crippen LogP contribution in [-0.2, 0) is 0 Å². The number of phenolic OH excluding ortho intramolecular Hbond substituents is 1. The van der Waals surface area contributed by atoms with Crippen LogP contribution in [0.15, 0.2) is 78.0 Å². The number of rotatable bonds is 7. The zero-order valence-corrected chi connectivity index (χ0v) is 21.2. The number of nitrogens with zero attached hydrogens (tertiary/aromatic N) is 6. The van der Waals surface area contributed by atoms with Crippen molar-refractivity contribution in [2.24, 2.45) is 0 Å². The van der Waals surface area contributed by atoms with Gasteiger partial charge in [0.15, 0.2) is 0 Å². The predicted octanol–water partition coefficient (Wildman–Crippen LogP) is 3.80. The van der Waals surface area contributed by atoms with Gasteiger partial charge in [-0.25, -0.2) is 19.0 Å². The van der Waals surface area contributed by atoms with Crippen LogP contribution in [0, 0.1) is 0 Å². The average molecular weight is 521 g/mol. The second-order valence-electron chi connectivity index (χ2n) is 9.07. The fourth-order valence-electron chi connectivity index (χ4n) is 4.72. The van der Waals surface area contributed by atoms with Crippen LogP contribution in [0.3, 0.4) is 0 Å². The van der Waals surface area contributed by atoms with Crippen molar-refractivity contribution >= 4 is 23.1 Å². The Kier molecular flexibility index (Phi) is 7.16. The number of piperazine rings is 1. The maximum absolute atomic E-state index is 13.2. The number of halogens is 1. The summed E-state index contributed by atoms with van der Waals surface area (Å²) in [5, 5.41) is 25.6. The number of benzene rings is 2. The van der Waals surface area contributed by atoms with Gasteiger partial charge < -0.3 is 20.0 Å². The van der Waals surface area contributed by atoms with Crippen molar-refractivity contribution in [1.82, 2.24) is 19.3 Å². The first-order valence-electron chi connectivity index (χ1n) is 12.3. The summed E-state index contributed by atoms with van der Waals surface area (Å²) in [7, 11) is 0. The fraction of sp³-hybridized carbons (Fsp3) is 0.296. The Balaban J connectivity index is 1.28. The third kappa shape index (κ3) is 5.19. The minimum absolute atomic E-state index is 0.264. The number of anilines is 2. The predicted molar refractivity (Wildman–Crippen MR) is 144 cm³/mol. The largest absolute Gasteiger partial charge is 0.508 e. The molecule has 0 radical (unpaired) electrons. The van der Waals surface area contributed by atoms with Crippen molar-refractivity contribution in [2.75, 3.05) is 36.0 Å². The molecule has 2 atom stereocenters. The van der Waals surface area contributed by atoms with Crippen molar-refractivity contribution in [1.29, 1.82) is 0 Å². The Labute approximate surface area is 219 Å². The lowest BCUT2D eigenvalue weighted by molar-refractivity contribution is 0.101. The second kappa shape index (κ2) is 10.7. The number of hydrogen-bond acceptors (Lipinski definition) is 7. The number of aliphatic hydroxyl groups is 1. The standard InChI is InChI=1S/C27H29ClN6O3/c1-2-24(26(36)19-6-8-20(28)9-7-19)34-27(37)33(18-30-34)22-10-11-25(29-17-22)32-14-12-31(13-15-32)21-4-3-5-23(35)16-21/h3-11,16-18,24,26,35-36H,2,12-15H2,1H3/t24?,26-/m1/s1. The van der Waals surface area contributed by atoms with E-state index in [1.165, 1.54) is 15.6 Å². The lowest BCUT2D eigenvalue weighted by atomic mass is 10.0. The molecule has 2 aromatic heterocycles. The molecule has 37 heavy (non-hydrogen) atoms. The van der Waals surface area contributed by atoms with E-state index in [9.17, 15) is 15.0 Å². The average Bonchev–Trinajstić information content (AvgIpc) is 3.30. The zero-order valence-electron chi connectivity index (χ0n) is 20.5. The summed E-state index contributed by atoms with van der Waals surface area (Å²) in [6.07, 6.45) is 2.75. The summed E-state index contributed by atoms with van der Waals surface area (Å²) in [6, 6.07) is 17.5. The number of aromatic nitrogens is 4. The molecule has 9 nitrogen and oxygen atoms in total. The van der Waals surface area contributed by atoms with Crippen molar-refractivity contribution in [3.63, 3.8) is 0 Å². The van der Waals surface area contributed by atoms with Crippen LogP contribution >= 0.6 is 11.6 Å². The Hall–Kier alpha value is -3.82. The van der Waals surface area contributed by atoms with E-state index in [2.05, 4.69) is 19.9 Å². The summed E-state index contributed by atoms with van der Waals surface area (Å²) >= 11 is 5.97. The van der Waals surface area contributed by atoms with E-state index in [4.69, 9.17) is 11.6 Å². The topological polar surface area (TPSA) is 99.7 Å². The van der Waals surface area contributed by atoms with Crippen molar-refractivity contribution < 1.29 is 10.2 Å². The Morgan fingerprint density at radius 2 is 1.70 bits per heavy atom. The summed E-state index contributed by atoms with van der Waals surface area (Å²) < 4.78 is 2.77. The van der Waals surface area contributed by atoms with Crippen molar-refractivity contribution in [3.05, 3.63) is 94.3 Å². The van der Waals surface area contributed by atoms with Crippen LogP contribution < -0.4 is 15.5 Å². The SMILES string of the molecule is CCC([C@H](O)c1ccc(Cl)cc1)n1ncn(-c2ccc(N3CCN(c4cccc(O)c4)CC3)nc2)c1=O. The molecule has 0 bridgehead atoms. The molecule has 1 fully saturated rings. The molecule has 1 aliphatic rings. The van der Waals surface area contributed by atoms with Gasteiger partial charge in [0.05, 0.1) is 17.9 Å². The van der Waals surface area contributed by atoms with Crippen LogP contribution in [0.5, 0.6) is 5.75 Å². The summed E-state index contributed by atoms with van der Waals surface area (Å²) in [6.45, 7) is 5.12. The van der Waals surface area contributed by atoms with E-state index in [1.807, 2.05) is 31.2 Å². The van der Waals surface area contributed by atoms with Gasteiger partial charge in [0.25, 0.3) is 0 Å². The van der Waals surface area contributed by atoms with E-state index >= 15 is 0 Å². The highest BCUT2D eigenvalue weighted by atomic mass is 35.5. The van der Waals surface area contributed by atoms with Crippen LogP contribution in [0.2, 0.25) is 5.02 Å². The lowest BCUT2D eigenvalue weighted by Gasteiger charge is -2.36. The number of aromatic hydroxyl groups is 1. The molecule has 1 saturated heterocycles. The zero-order chi connectivity index (χ0) is 25.9. The van der Waals surface area contributed by atoms with Gasteiger partial charge in [0, 0.05) is 43.0 Å². The maximum Gasteiger partial charge on any atom is 0.350 e. The van der Waals surface area contributed by atoms with Gasteiger partial charge in [-0.3, -0.25) is 0 Å². The molecule has 3 heterocycles. The maximum atomic E-state index is 13.2. The number of phenols is 1. The molecule has 0 aliphatic carbocycles. The molecule has 4 aromatic rings. The van der Waals surface area contributed by atoms with E-state index in [0.717, 1.165) is 37.7 Å². The van der Waals surface area contributed by atoms with Crippen LogP contribution in [0.25, 0.3) is 5.69 Å². The highest BCUT2D eigenvalue weighted by molar-refractivity contribution is 6.30. The minimum atomic E-state index is -0.901. The Morgan fingerprint density at radius 1 is 0.973 bits per heavy atom. The molecule has 0 amide bonds. The minimum Gasteiger partial charge on any atom is -0.508 e. The molecule has 2 N–H and O–H groups in total. The molecule has 0 saturated carbocycles. The third-order valence-corrected chi connectivity index (χ3v) is 7.06. The van der Waals surface area contributed by atoms with E-state index in [1.54, 1.807) is 42.6 Å². The normalized spacial score (nSPS) is 15.5. The second-order valence-corrected chi connectivity index (χ2v) is 9.51. The van der Waals surface area contributed by atoms with E-state index in [0.29, 0.717) is 22.7 Å². The van der Waals surface area contributed by atoms with Gasteiger partial charge in [0.1, 0.15) is 24.0 Å². The first kappa shape index (κ1) is 24.9. The molecule has 1 aliphatic heterocycles. The summed E-state index contributed by atoms with van der Waals surface area (Å²) in [4.78, 5) is 22.3. The van der Waals surface area contributed by atoms with Crippen molar-refractivity contribution in [3.8, 4) is 11.4 Å². The monoisotopic (exact) mass is 520 g/mol. The van der Waals surface area contributed by atoms with Gasteiger partial charge in [-0.15, -0.1) is 0 Å². The van der Waals surface area contributed by atoms with Crippen molar-refractivity contribution in [2.45, 2.75) is 25.5 Å². The molecule has 10 heteroatoms.